The first-order chi connectivity index (χ1) is 13.2. The molecular formula is C22H22O4S. The van der Waals surface area contributed by atoms with Gasteiger partial charge in [-0.15, -0.1) is 0 Å². The zero-order valence-electron chi connectivity index (χ0n) is 15.4. The Morgan fingerprint density at radius 3 is 2.63 bits per heavy atom. The number of methoxy groups -OCH3 is 2. The second kappa shape index (κ2) is 7.33. The van der Waals surface area contributed by atoms with Crippen LogP contribution in [0.25, 0.3) is 10.8 Å². The first kappa shape index (κ1) is 18.0. The minimum Gasteiger partial charge on any atom is -0.495 e. The highest BCUT2D eigenvalue weighted by Crippen LogP contribution is 2.37. The van der Waals surface area contributed by atoms with Crippen molar-refractivity contribution in [1.29, 1.82) is 0 Å². The molecule has 27 heavy (non-hydrogen) atoms. The van der Waals surface area contributed by atoms with E-state index in [-0.39, 0.29) is 5.75 Å². The molecule has 5 heteroatoms. The summed E-state index contributed by atoms with van der Waals surface area (Å²) in [5, 5.41) is 1.96. The summed E-state index contributed by atoms with van der Waals surface area (Å²) in [4.78, 5) is 0.689. The zero-order chi connectivity index (χ0) is 18.9. The fourth-order valence-corrected chi connectivity index (χ4v) is 5.25. The van der Waals surface area contributed by atoms with Crippen LogP contribution in [0.3, 0.4) is 0 Å². The van der Waals surface area contributed by atoms with Crippen LogP contribution in [-0.4, -0.2) is 30.0 Å². The van der Waals surface area contributed by atoms with Crippen molar-refractivity contribution in [1.82, 2.24) is 0 Å². The van der Waals surface area contributed by atoms with Crippen LogP contribution in [-0.2, 0) is 22.0 Å². The Kier molecular flexibility index (Phi) is 4.89. The lowest BCUT2D eigenvalue weighted by molar-refractivity contribution is -0.156. The summed E-state index contributed by atoms with van der Waals surface area (Å²) in [5.41, 5.74) is 1.15. The van der Waals surface area contributed by atoms with E-state index in [4.69, 9.17) is 14.2 Å². The van der Waals surface area contributed by atoms with Crippen molar-refractivity contribution in [3.05, 3.63) is 66.2 Å². The van der Waals surface area contributed by atoms with Crippen LogP contribution in [0, 0.1) is 0 Å². The normalized spacial score (nSPS) is 19.9. The molecule has 0 fully saturated rings. The van der Waals surface area contributed by atoms with Gasteiger partial charge in [0.05, 0.1) is 28.6 Å². The molecule has 0 aliphatic carbocycles. The van der Waals surface area contributed by atoms with E-state index >= 15 is 0 Å². The number of ether oxygens (including phenoxy) is 3. The summed E-state index contributed by atoms with van der Waals surface area (Å²) in [6.45, 7) is 0. The predicted molar refractivity (Wildman–Crippen MR) is 107 cm³/mol. The molecule has 0 N–H and O–H groups in total. The van der Waals surface area contributed by atoms with Gasteiger partial charge in [-0.2, -0.15) is 0 Å². The van der Waals surface area contributed by atoms with E-state index in [2.05, 4.69) is 6.07 Å². The molecule has 1 aliphatic heterocycles. The molecule has 0 saturated heterocycles. The highest BCUT2D eigenvalue weighted by molar-refractivity contribution is 7.85. The molecule has 4 nitrogen and oxygen atoms in total. The Balaban J connectivity index is 1.71. The van der Waals surface area contributed by atoms with E-state index < -0.39 is 16.6 Å². The third-order valence-corrected chi connectivity index (χ3v) is 6.64. The van der Waals surface area contributed by atoms with Crippen molar-refractivity contribution in [2.75, 3.05) is 20.0 Å². The van der Waals surface area contributed by atoms with Gasteiger partial charge in [-0.25, -0.2) is 0 Å². The monoisotopic (exact) mass is 382 g/mol. The van der Waals surface area contributed by atoms with Crippen molar-refractivity contribution >= 4 is 21.6 Å². The molecule has 0 saturated carbocycles. The number of aryl methyl sites for hydroxylation is 1. The van der Waals surface area contributed by atoms with Crippen LogP contribution in [0.5, 0.6) is 11.5 Å². The Labute approximate surface area is 161 Å². The standard InChI is InChI=1S/C22H22O4S/c1-24-20-12-11-16-7-3-5-9-18(16)21(20)27(23)15-22(25-2)14-13-17-8-4-6-10-19(17)26-22/h3-12H,13-15H2,1-2H3/t22-,27+/m0/s1. The maximum Gasteiger partial charge on any atom is 0.222 e. The lowest BCUT2D eigenvalue weighted by Crippen LogP contribution is -2.46. The van der Waals surface area contributed by atoms with E-state index in [1.165, 1.54) is 0 Å². The SMILES string of the molecule is COc1ccc2ccccc2c1[S@](=O)C[C@]1(OC)CCc2ccccc2O1. The Morgan fingerprint density at radius 2 is 1.81 bits per heavy atom. The van der Waals surface area contributed by atoms with Crippen LogP contribution >= 0.6 is 0 Å². The fraction of sp³-hybridized carbons (Fsp3) is 0.273. The van der Waals surface area contributed by atoms with Gasteiger partial charge in [-0.3, -0.25) is 4.21 Å². The summed E-state index contributed by atoms with van der Waals surface area (Å²) < 4.78 is 30.9. The summed E-state index contributed by atoms with van der Waals surface area (Å²) in [5.74, 6) is 0.741. The van der Waals surface area contributed by atoms with E-state index in [0.717, 1.165) is 28.5 Å². The molecule has 140 valence electrons. The number of para-hydroxylation sites is 1. The van der Waals surface area contributed by atoms with Crippen LogP contribution in [0.15, 0.2) is 65.6 Å². The van der Waals surface area contributed by atoms with Crippen molar-refractivity contribution in [3.63, 3.8) is 0 Å². The zero-order valence-corrected chi connectivity index (χ0v) is 16.3. The molecule has 0 bridgehead atoms. The Morgan fingerprint density at radius 1 is 1.04 bits per heavy atom. The van der Waals surface area contributed by atoms with Crippen molar-refractivity contribution in [2.24, 2.45) is 0 Å². The Hall–Kier alpha value is -2.37. The first-order valence-corrected chi connectivity index (χ1v) is 10.2. The van der Waals surface area contributed by atoms with Crippen molar-refractivity contribution in [2.45, 2.75) is 23.5 Å². The molecule has 3 aromatic rings. The third kappa shape index (κ3) is 3.33. The molecule has 3 aromatic carbocycles. The molecule has 0 radical (unpaired) electrons. The first-order valence-electron chi connectivity index (χ1n) is 8.92. The van der Waals surface area contributed by atoms with Gasteiger partial charge in [0.2, 0.25) is 5.79 Å². The molecule has 1 heterocycles. The summed E-state index contributed by atoms with van der Waals surface area (Å²) >= 11 is 0. The van der Waals surface area contributed by atoms with Crippen LogP contribution in [0.2, 0.25) is 0 Å². The quantitative estimate of drug-likeness (QED) is 0.659. The van der Waals surface area contributed by atoms with Crippen LogP contribution in [0.4, 0.5) is 0 Å². The maximum absolute atomic E-state index is 13.5. The molecule has 2 atom stereocenters. The second-order valence-electron chi connectivity index (χ2n) is 6.63. The third-order valence-electron chi connectivity index (χ3n) is 5.06. The predicted octanol–water partition coefficient (Wildman–Crippen LogP) is 4.32. The lowest BCUT2D eigenvalue weighted by atomic mass is 10.0. The van der Waals surface area contributed by atoms with Gasteiger partial charge in [-0.1, -0.05) is 48.5 Å². The minimum absolute atomic E-state index is 0.238. The van der Waals surface area contributed by atoms with Gasteiger partial charge in [0.1, 0.15) is 11.5 Å². The highest BCUT2D eigenvalue weighted by atomic mass is 32.2. The largest absolute Gasteiger partial charge is 0.495 e. The number of benzene rings is 3. The van der Waals surface area contributed by atoms with Crippen LogP contribution in [0.1, 0.15) is 12.0 Å². The average molecular weight is 382 g/mol. The summed E-state index contributed by atoms with van der Waals surface area (Å²) in [7, 11) is 1.86. The van der Waals surface area contributed by atoms with E-state index in [1.54, 1.807) is 14.2 Å². The van der Waals surface area contributed by atoms with E-state index in [0.29, 0.717) is 17.1 Å². The topological polar surface area (TPSA) is 44.8 Å². The maximum atomic E-state index is 13.5. The number of fused-ring (bicyclic) bond motifs is 2. The molecule has 1 aliphatic rings. The summed E-state index contributed by atoms with van der Waals surface area (Å²) in [6.07, 6.45) is 1.48. The number of rotatable bonds is 5. The molecule has 0 amide bonds. The van der Waals surface area contributed by atoms with E-state index in [9.17, 15) is 4.21 Å². The van der Waals surface area contributed by atoms with Gasteiger partial charge in [0.25, 0.3) is 0 Å². The number of hydrogen-bond donors (Lipinski definition) is 0. The molecular weight excluding hydrogens is 360 g/mol. The van der Waals surface area contributed by atoms with Crippen LogP contribution < -0.4 is 9.47 Å². The van der Waals surface area contributed by atoms with Gasteiger partial charge < -0.3 is 14.2 Å². The average Bonchev–Trinajstić information content (AvgIpc) is 2.72. The highest BCUT2D eigenvalue weighted by Gasteiger charge is 2.39. The molecule has 0 aromatic heterocycles. The summed E-state index contributed by atoms with van der Waals surface area (Å²) in [6, 6.07) is 19.7. The van der Waals surface area contributed by atoms with Gasteiger partial charge in [0, 0.05) is 18.9 Å². The lowest BCUT2D eigenvalue weighted by Gasteiger charge is -2.37. The second-order valence-corrected chi connectivity index (χ2v) is 8.02. The van der Waals surface area contributed by atoms with Gasteiger partial charge >= 0.3 is 0 Å². The van der Waals surface area contributed by atoms with E-state index in [1.807, 2.05) is 54.6 Å². The van der Waals surface area contributed by atoms with Crippen molar-refractivity contribution < 1.29 is 18.4 Å². The molecule has 4 rings (SSSR count). The van der Waals surface area contributed by atoms with Gasteiger partial charge in [-0.05, 0) is 29.5 Å². The number of hydrogen-bond acceptors (Lipinski definition) is 4. The van der Waals surface area contributed by atoms with Gasteiger partial charge in [0.15, 0.2) is 0 Å². The minimum atomic E-state index is -1.36. The fourth-order valence-electron chi connectivity index (χ4n) is 3.58. The Bertz CT molecular complexity index is 1000. The molecule has 0 unspecified atom stereocenters. The molecule has 0 spiro atoms. The smallest absolute Gasteiger partial charge is 0.222 e. The van der Waals surface area contributed by atoms with Crippen molar-refractivity contribution in [3.8, 4) is 11.5 Å².